The Morgan fingerprint density at radius 1 is 0.206 bits per heavy atom. The minimum atomic E-state index is -0.208. The highest BCUT2D eigenvalue weighted by atomic mass is 15.2. The molecule has 97 heavy (non-hydrogen) atoms. The van der Waals surface area contributed by atoms with E-state index in [1.54, 1.807) is 0 Å². The molecular formula is C90H53BN6. The second-order valence-electron chi connectivity index (χ2n) is 26.7. The topological polar surface area (TPSA) is 25.2 Å². The van der Waals surface area contributed by atoms with Gasteiger partial charge in [-0.2, -0.15) is 0 Å². The molecule has 0 aliphatic carbocycles. The Balaban J connectivity index is 0.902. The van der Waals surface area contributed by atoms with Crippen molar-refractivity contribution in [2.75, 3.05) is 9.80 Å². The minimum absolute atomic E-state index is 0.208. The lowest BCUT2D eigenvalue weighted by Gasteiger charge is -2.44. The highest BCUT2D eigenvalue weighted by Gasteiger charge is 2.45. The van der Waals surface area contributed by atoms with Gasteiger partial charge in [0, 0.05) is 104 Å². The summed E-state index contributed by atoms with van der Waals surface area (Å²) in [5, 5.41) is 15.0. The van der Waals surface area contributed by atoms with Crippen LogP contribution in [0.4, 0.5) is 34.1 Å². The second-order valence-corrected chi connectivity index (χ2v) is 26.7. The molecule has 0 unspecified atom stereocenters. The van der Waals surface area contributed by atoms with E-state index in [4.69, 9.17) is 0 Å². The first-order valence-corrected chi connectivity index (χ1v) is 33.7. The lowest BCUT2D eigenvalue weighted by molar-refractivity contribution is 1.16. The number of benzene rings is 15. The number of fused-ring (bicyclic) bond motifs is 23. The average molecular weight is 1230 g/mol. The fourth-order valence-corrected chi connectivity index (χ4v) is 18.0. The zero-order chi connectivity index (χ0) is 62.9. The lowest BCUT2D eigenvalue weighted by atomic mass is 9.33. The Bertz CT molecular complexity index is 6620. The molecule has 8 heterocycles. The maximum absolute atomic E-state index is 2.63. The summed E-state index contributed by atoms with van der Waals surface area (Å²) in [6.45, 7) is -0.208. The Kier molecular flexibility index (Phi) is 10.1. The van der Waals surface area contributed by atoms with Crippen LogP contribution in [0.2, 0.25) is 0 Å². The van der Waals surface area contributed by atoms with Gasteiger partial charge in [-0.25, -0.2) is 0 Å². The van der Waals surface area contributed by atoms with Gasteiger partial charge in [0.1, 0.15) is 0 Å². The molecule has 21 aromatic rings. The first-order valence-electron chi connectivity index (χ1n) is 33.7. The van der Waals surface area contributed by atoms with Crippen molar-refractivity contribution in [1.82, 2.24) is 17.9 Å². The van der Waals surface area contributed by atoms with Crippen LogP contribution >= 0.6 is 0 Å². The molecule has 6 nitrogen and oxygen atoms in total. The summed E-state index contributed by atoms with van der Waals surface area (Å²) in [6.07, 6.45) is 0. The van der Waals surface area contributed by atoms with Gasteiger partial charge in [0.15, 0.2) is 0 Å². The average Bonchev–Trinajstić information content (AvgIpc) is 1.66. The highest BCUT2D eigenvalue weighted by Crippen LogP contribution is 2.52. The molecular weight excluding hydrogens is 1180 g/mol. The third kappa shape index (κ3) is 6.78. The monoisotopic (exact) mass is 1230 g/mol. The molecule has 446 valence electrons. The van der Waals surface area contributed by atoms with Crippen LogP contribution in [-0.2, 0) is 0 Å². The zero-order valence-corrected chi connectivity index (χ0v) is 52.4. The molecule has 2 aliphatic rings. The minimum Gasteiger partial charge on any atom is -0.311 e. The molecule has 23 rings (SSSR count). The fraction of sp³-hybridized carbons (Fsp3) is 0. The zero-order valence-electron chi connectivity index (χ0n) is 52.4. The largest absolute Gasteiger partial charge is 0.311 e. The van der Waals surface area contributed by atoms with Crippen LogP contribution in [0.3, 0.4) is 0 Å². The number of para-hydroxylation sites is 7. The summed E-state index contributed by atoms with van der Waals surface area (Å²) in [4.78, 5) is 5.26. The van der Waals surface area contributed by atoms with E-state index in [2.05, 4.69) is 349 Å². The van der Waals surface area contributed by atoms with Gasteiger partial charge in [-0.15, -0.1) is 0 Å². The molecule has 0 atom stereocenters. The fourth-order valence-electron chi connectivity index (χ4n) is 18.0. The molecule has 0 fully saturated rings. The highest BCUT2D eigenvalue weighted by molar-refractivity contribution is 7.00. The van der Waals surface area contributed by atoms with Gasteiger partial charge in [0.05, 0.1) is 60.9 Å². The molecule has 0 saturated heterocycles. The molecule has 0 N–H and O–H groups in total. The van der Waals surface area contributed by atoms with Crippen molar-refractivity contribution in [1.29, 1.82) is 0 Å². The predicted octanol–water partition coefficient (Wildman–Crippen LogP) is 21.6. The third-order valence-electron chi connectivity index (χ3n) is 21.9. The first kappa shape index (κ1) is 51.6. The molecule has 0 spiro atoms. The van der Waals surface area contributed by atoms with Crippen LogP contribution in [0.15, 0.2) is 322 Å². The van der Waals surface area contributed by atoms with E-state index in [0.29, 0.717) is 0 Å². The van der Waals surface area contributed by atoms with E-state index in [1.807, 2.05) is 0 Å². The van der Waals surface area contributed by atoms with Crippen molar-refractivity contribution in [3.8, 4) is 33.6 Å². The quantitative estimate of drug-likeness (QED) is 0.155. The van der Waals surface area contributed by atoms with Crippen LogP contribution in [-0.4, -0.2) is 24.6 Å². The molecule has 0 amide bonds. The number of aromatic nitrogens is 4. The van der Waals surface area contributed by atoms with Gasteiger partial charge >= 0.3 is 0 Å². The number of rotatable bonds is 6. The molecule has 6 aromatic heterocycles. The van der Waals surface area contributed by atoms with E-state index in [0.717, 1.165) is 56.5 Å². The van der Waals surface area contributed by atoms with E-state index in [1.165, 1.54) is 147 Å². The van der Waals surface area contributed by atoms with Crippen molar-refractivity contribution in [3.05, 3.63) is 322 Å². The molecule has 0 bridgehead atoms. The summed E-state index contributed by atoms with van der Waals surface area (Å²) in [5.41, 5.74) is 29.5. The van der Waals surface area contributed by atoms with Gasteiger partial charge in [0.25, 0.3) is 6.71 Å². The van der Waals surface area contributed by atoms with Crippen molar-refractivity contribution in [2.45, 2.75) is 0 Å². The number of nitrogens with zero attached hydrogens (tertiary/aromatic N) is 6. The lowest BCUT2D eigenvalue weighted by Crippen LogP contribution is -2.61. The van der Waals surface area contributed by atoms with Gasteiger partial charge in [-0.05, 0) is 130 Å². The Morgan fingerprint density at radius 3 is 1.10 bits per heavy atom. The predicted molar refractivity (Wildman–Crippen MR) is 409 cm³/mol. The smallest absolute Gasteiger partial charge is 0.252 e. The van der Waals surface area contributed by atoms with Crippen LogP contribution in [0, 0.1) is 0 Å². The maximum Gasteiger partial charge on any atom is 0.252 e. The standard InChI is InChI=1S/C90H53BN6/c1-4-20-54(21-5-1)56-38-42-59(43-39-56)93-82-52-80-71(67-32-18-30-65-62-26-11-15-35-76(62)96(80)88(65)67)50-73(82)91-74-51-72-68-33-19-31-66-63-27-12-16-36-77(63)97(89(66)68)81(72)53-83(74)94(60-44-40-57(41-45-60)55-22-6-2-7-23-55)85-49-61(48-84(93)87(85)91)95-75-34-14-10-28-64(75)69-46-47-79-86(90(69)95)70-29-13-17-37-78(70)92(79)58-24-8-3-9-25-58/h1-53H. The molecule has 15 aromatic carbocycles. The molecule has 7 heteroatoms. The third-order valence-corrected chi connectivity index (χ3v) is 21.9. The summed E-state index contributed by atoms with van der Waals surface area (Å²) in [5.74, 6) is 0. The van der Waals surface area contributed by atoms with Gasteiger partial charge in [-0.1, -0.05) is 231 Å². The number of hydrogen-bond acceptors (Lipinski definition) is 2. The maximum atomic E-state index is 2.63. The van der Waals surface area contributed by atoms with Crippen LogP contribution in [0.5, 0.6) is 0 Å². The van der Waals surface area contributed by atoms with E-state index < -0.39 is 0 Å². The molecule has 2 aliphatic heterocycles. The van der Waals surface area contributed by atoms with Crippen molar-refractivity contribution < 1.29 is 0 Å². The summed E-state index contributed by atoms with van der Waals surface area (Å²) < 4.78 is 10.2. The Morgan fingerprint density at radius 2 is 0.598 bits per heavy atom. The molecule has 0 radical (unpaired) electrons. The summed E-state index contributed by atoms with van der Waals surface area (Å²) in [6, 6.07) is 121. The SMILES string of the molecule is c1ccc(-c2ccc(N3c4cc5c(cc4B4c6cc7c8cccc9c%10ccccc%10n(c7cc6N(c6ccc(-c7ccccc7)cc6)c6cc(-n7c%10ccccc%10c%10ccc%11c(c%12ccccc%12n%11-c%11ccccc%11)c%107)cc3c64)c98)c3cccc4c6ccccc6n5c43)cc2)cc1. The van der Waals surface area contributed by atoms with Crippen LogP contribution in [0.1, 0.15) is 0 Å². The van der Waals surface area contributed by atoms with Gasteiger partial charge in [-0.3, -0.25) is 0 Å². The van der Waals surface area contributed by atoms with Gasteiger partial charge < -0.3 is 27.7 Å². The Labute approximate surface area is 556 Å². The summed E-state index contributed by atoms with van der Waals surface area (Å²) in [7, 11) is 0. The van der Waals surface area contributed by atoms with Gasteiger partial charge in [0.2, 0.25) is 0 Å². The van der Waals surface area contributed by atoms with Crippen LogP contribution < -0.4 is 26.2 Å². The second kappa shape index (κ2) is 18.9. The van der Waals surface area contributed by atoms with E-state index >= 15 is 0 Å². The van der Waals surface area contributed by atoms with E-state index in [9.17, 15) is 0 Å². The molecule has 0 saturated carbocycles. The van der Waals surface area contributed by atoms with E-state index in [-0.39, 0.29) is 6.71 Å². The first-order chi connectivity index (χ1) is 48.2. The Hall–Kier alpha value is -12.8. The normalized spacial score (nSPS) is 13.1. The van der Waals surface area contributed by atoms with Crippen molar-refractivity contribution >= 4 is 177 Å². The van der Waals surface area contributed by atoms with Crippen LogP contribution in [0.25, 0.3) is 153 Å². The number of hydrogen-bond donors (Lipinski definition) is 0. The summed E-state index contributed by atoms with van der Waals surface area (Å²) >= 11 is 0. The number of anilines is 6. The van der Waals surface area contributed by atoms with Crippen molar-refractivity contribution in [2.24, 2.45) is 0 Å². The van der Waals surface area contributed by atoms with Crippen molar-refractivity contribution in [3.63, 3.8) is 0 Å².